The molecule has 7 nitrogen and oxygen atoms in total. The van der Waals surface area contributed by atoms with E-state index >= 15 is 0 Å². The fraction of sp³-hybridized carbons (Fsp3) is 0.158. The molecule has 13 heteroatoms. The Hall–Kier alpha value is -3.54. The molecule has 0 aliphatic carbocycles. The van der Waals surface area contributed by atoms with Crippen molar-refractivity contribution in [2.24, 2.45) is 0 Å². The Labute approximate surface area is 181 Å². The smallest absolute Gasteiger partial charge is 0.280 e. The largest absolute Gasteiger partial charge is 0.302 e. The number of rotatable bonds is 6. The second-order valence-electron chi connectivity index (χ2n) is 6.61. The van der Waals surface area contributed by atoms with E-state index in [1.54, 1.807) is 12.1 Å². The number of anilines is 1. The molecule has 166 valence electrons. The fourth-order valence-corrected chi connectivity index (χ4v) is 3.11. The number of nitrogens with one attached hydrogen (secondary N) is 1. The minimum atomic E-state index is -3.12. The average molecular weight is 471 g/mol. The summed E-state index contributed by atoms with van der Waals surface area (Å²) >= 11 is 6.09. The molecule has 3 heterocycles. The number of hydrogen-bond acceptors (Lipinski definition) is 4. The lowest BCUT2D eigenvalue weighted by Gasteiger charge is -2.06. The Balaban J connectivity index is 1.58. The molecule has 1 amide bonds. The lowest BCUT2D eigenvalue weighted by Crippen LogP contribution is -2.14. The summed E-state index contributed by atoms with van der Waals surface area (Å²) in [5, 5.41) is 10.3. The average Bonchev–Trinajstić information content (AvgIpc) is 3.32. The van der Waals surface area contributed by atoms with Gasteiger partial charge in [0.15, 0.2) is 17.2 Å². The molecule has 0 saturated carbocycles. The molecule has 0 saturated heterocycles. The van der Waals surface area contributed by atoms with Crippen molar-refractivity contribution in [1.29, 1.82) is 0 Å². The molecule has 1 aromatic carbocycles. The zero-order chi connectivity index (χ0) is 23.0. The molecule has 0 aliphatic heterocycles. The lowest BCUT2D eigenvalue weighted by molar-refractivity contribution is 0.102. The van der Waals surface area contributed by atoms with Crippen LogP contribution in [-0.2, 0) is 6.54 Å². The molecule has 4 aromatic rings. The van der Waals surface area contributed by atoms with Crippen LogP contribution in [0.4, 0.5) is 27.8 Å². The van der Waals surface area contributed by atoms with Crippen LogP contribution < -0.4 is 5.32 Å². The number of nitrogens with zero attached hydrogens (tertiary/aromatic N) is 5. The van der Waals surface area contributed by atoms with E-state index in [0.29, 0.717) is 10.6 Å². The zero-order valence-electron chi connectivity index (χ0n) is 15.8. The first-order valence-corrected chi connectivity index (χ1v) is 9.34. The van der Waals surface area contributed by atoms with E-state index in [1.165, 1.54) is 23.0 Å². The summed E-state index contributed by atoms with van der Waals surface area (Å²) in [5.41, 5.74) is -1.65. The van der Waals surface area contributed by atoms with Crippen molar-refractivity contribution in [2.75, 3.05) is 5.32 Å². The van der Waals surface area contributed by atoms with E-state index < -0.39 is 36.0 Å². The van der Waals surface area contributed by atoms with Gasteiger partial charge >= 0.3 is 0 Å². The van der Waals surface area contributed by atoms with Gasteiger partial charge in [0.2, 0.25) is 0 Å². The van der Waals surface area contributed by atoms with Crippen LogP contribution in [0.15, 0.2) is 42.6 Å². The van der Waals surface area contributed by atoms with Crippen LogP contribution in [0.25, 0.3) is 5.65 Å². The molecule has 0 spiro atoms. The lowest BCUT2D eigenvalue weighted by atomic mass is 10.2. The van der Waals surface area contributed by atoms with Gasteiger partial charge in [0, 0.05) is 12.3 Å². The Bertz CT molecular complexity index is 1290. The fourth-order valence-electron chi connectivity index (χ4n) is 2.91. The maximum absolute atomic E-state index is 13.3. The Kier molecular flexibility index (Phi) is 5.78. The van der Waals surface area contributed by atoms with Crippen LogP contribution in [-0.4, -0.2) is 30.3 Å². The molecule has 0 aliphatic rings. The normalized spacial score (nSPS) is 11.6. The SMILES string of the molecule is O=C(Nc1nn(Cc2ccc(F)cc2)cc1Cl)c1cc2nc(C(F)F)cc(C(F)F)n2n1. The quantitative estimate of drug-likeness (QED) is 0.407. The van der Waals surface area contributed by atoms with Gasteiger partial charge in [-0.05, 0) is 23.8 Å². The van der Waals surface area contributed by atoms with Gasteiger partial charge in [-0.2, -0.15) is 10.2 Å². The highest BCUT2D eigenvalue weighted by Crippen LogP contribution is 2.26. The molecule has 4 rings (SSSR count). The monoisotopic (exact) mass is 470 g/mol. The molecular formula is C19H12ClF5N6O. The summed E-state index contributed by atoms with van der Waals surface area (Å²) in [6, 6.07) is 7.21. The minimum Gasteiger partial charge on any atom is -0.302 e. The maximum atomic E-state index is 13.3. The maximum Gasteiger partial charge on any atom is 0.280 e. The van der Waals surface area contributed by atoms with Crippen molar-refractivity contribution in [3.63, 3.8) is 0 Å². The van der Waals surface area contributed by atoms with Crippen molar-refractivity contribution >= 4 is 29.0 Å². The van der Waals surface area contributed by atoms with Crippen molar-refractivity contribution < 1.29 is 26.7 Å². The highest BCUT2D eigenvalue weighted by Gasteiger charge is 2.23. The second kappa shape index (κ2) is 8.54. The van der Waals surface area contributed by atoms with Gasteiger partial charge in [0.05, 0.1) is 6.54 Å². The summed E-state index contributed by atoms with van der Waals surface area (Å²) in [4.78, 5) is 16.1. The van der Waals surface area contributed by atoms with Gasteiger partial charge in [-0.25, -0.2) is 31.5 Å². The predicted molar refractivity (Wildman–Crippen MR) is 104 cm³/mol. The Morgan fingerprint density at radius 3 is 2.44 bits per heavy atom. The molecular weight excluding hydrogens is 459 g/mol. The summed E-state index contributed by atoms with van der Waals surface area (Å²) < 4.78 is 67.5. The van der Waals surface area contributed by atoms with E-state index in [0.717, 1.165) is 11.6 Å². The molecule has 0 radical (unpaired) electrons. The summed E-state index contributed by atoms with van der Waals surface area (Å²) in [7, 11) is 0. The molecule has 3 aromatic heterocycles. The minimum absolute atomic E-state index is 0.0360. The van der Waals surface area contributed by atoms with Gasteiger partial charge in [0.25, 0.3) is 18.8 Å². The number of aromatic nitrogens is 5. The third kappa shape index (κ3) is 4.40. The van der Waals surface area contributed by atoms with Crippen molar-refractivity contribution in [1.82, 2.24) is 24.4 Å². The molecule has 1 N–H and O–H groups in total. The zero-order valence-corrected chi connectivity index (χ0v) is 16.6. The molecule has 0 bridgehead atoms. The molecule has 0 atom stereocenters. The standard InChI is InChI=1S/C19H12ClF5N6O/c20-11-8-30(7-9-1-3-10(21)4-2-9)29-18(11)27-19(32)13-6-15-26-12(16(22)23)5-14(17(24)25)31(15)28-13/h1-6,8,16-17H,7H2,(H,27,29,32). The number of carbonyl (C=O) groups is 1. The van der Waals surface area contributed by atoms with Crippen LogP contribution in [0.1, 0.15) is 40.3 Å². The second-order valence-corrected chi connectivity index (χ2v) is 7.02. The number of alkyl halides is 4. The van der Waals surface area contributed by atoms with E-state index in [1.807, 2.05) is 0 Å². The van der Waals surface area contributed by atoms with Crippen LogP contribution in [0.5, 0.6) is 0 Å². The van der Waals surface area contributed by atoms with Crippen LogP contribution in [0.3, 0.4) is 0 Å². The third-order valence-corrected chi connectivity index (χ3v) is 4.64. The number of fused-ring (bicyclic) bond motifs is 1. The van der Waals surface area contributed by atoms with E-state index in [4.69, 9.17) is 11.6 Å². The topological polar surface area (TPSA) is 77.1 Å². The van der Waals surface area contributed by atoms with Crippen molar-refractivity contribution in [3.8, 4) is 0 Å². The van der Waals surface area contributed by atoms with Gasteiger partial charge < -0.3 is 5.32 Å². The number of benzene rings is 1. The third-order valence-electron chi connectivity index (χ3n) is 4.36. The van der Waals surface area contributed by atoms with Crippen LogP contribution >= 0.6 is 11.6 Å². The number of carbonyl (C=O) groups excluding carboxylic acids is 1. The number of amides is 1. The first-order valence-electron chi connectivity index (χ1n) is 8.97. The highest BCUT2D eigenvalue weighted by atomic mass is 35.5. The summed E-state index contributed by atoms with van der Waals surface area (Å²) in [6.45, 7) is 0.238. The van der Waals surface area contributed by atoms with Crippen molar-refractivity contribution in [2.45, 2.75) is 19.4 Å². The van der Waals surface area contributed by atoms with E-state index in [2.05, 4.69) is 20.5 Å². The molecule has 0 fully saturated rings. The van der Waals surface area contributed by atoms with E-state index in [9.17, 15) is 26.7 Å². The van der Waals surface area contributed by atoms with Gasteiger partial charge in [-0.1, -0.05) is 23.7 Å². The van der Waals surface area contributed by atoms with Gasteiger partial charge in [-0.15, -0.1) is 0 Å². The molecule has 0 unspecified atom stereocenters. The number of halogens is 6. The Morgan fingerprint density at radius 1 is 1.06 bits per heavy atom. The van der Waals surface area contributed by atoms with Crippen molar-refractivity contribution in [3.05, 3.63) is 76.1 Å². The Morgan fingerprint density at radius 2 is 1.78 bits per heavy atom. The predicted octanol–water partition coefficient (Wildman–Crippen LogP) is 4.89. The van der Waals surface area contributed by atoms with Crippen LogP contribution in [0.2, 0.25) is 5.02 Å². The van der Waals surface area contributed by atoms with E-state index in [-0.39, 0.29) is 28.7 Å². The van der Waals surface area contributed by atoms with Gasteiger partial charge in [-0.3, -0.25) is 9.48 Å². The summed E-state index contributed by atoms with van der Waals surface area (Å²) in [5.74, 6) is -1.28. The first-order chi connectivity index (χ1) is 15.2. The summed E-state index contributed by atoms with van der Waals surface area (Å²) in [6.07, 6.45) is -4.77. The highest BCUT2D eigenvalue weighted by molar-refractivity contribution is 6.33. The first kappa shape index (κ1) is 21.7. The van der Waals surface area contributed by atoms with Gasteiger partial charge in [0.1, 0.15) is 22.2 Å². The van der Waals surface area contributed by atoms with Crippen LogP contribution in [0, 0.1) is 5.82 Å². The number of hydrogen-bond donors (Lipinski definition) is 1. The molecule has 32 heavy (non-hydrogen) atoms.